The van der Waals surface area contributed by atoms with Gasteiger partial charge in [-0.05, 0) is 24.5 Å². The number of anilines is 1. The van der Waals surface area contributed by atoms with Crippen LogP contribution in [-0.4, -0.2) is 35.6 Å². The fraction of sp³-hybridized carbons (Fsp3) is 0.263. The van der Waals surface area contributed by atoms with Gasteiger partial charge in [-0.25, -0.2) is 14.8 Å². The quantitative estimate of drug-likeness (QED) is 0.491. The molecule has 1 aromatic carbocycles. The van der Waals surface area contributed by atoms with Gasteiger partial charge in [0.25, 0.3) is 0 Å². The van der Waals surface area contributed by atoms with Gasteiger partial charge in [-0.2, -0.15) is 4.98 Å². The van der Waals surface area contributed by atoms with E-state index in [1.807, 2.05) is 42.0 Å². The summed E-state index contributed by atoms with van der Waals surface area (Å²) in [6.45, 7) is 4.12. The highest BCUT2D eigenvalue weighted by Crippen LogP contribution is 2.13. The normalized spacial score (nSPS) is 11.1. The highest BCUT2D eigenvalue weighted by molar-refractivity contribution is 5.71. The van der Waals surface area contributed by atoms with Gasteiger partial charge in [-0.1, -0.05) is 24.3 Å². The van der Waals surface area contributed by atoms with Crippen molar-refractivity contribution in [2.24, 2.45) is 0 Å². The van der Waals surface area contributed by atoms with Gasteiger partial charge in [-0.15, -0.1) is 0 Å². The molecule has 0 unspecified atom stereocenters. The molecule has 0 saturated carbocycles. The van der Waals surface area contributed by atoms with Crippen LogP contribution < -0.4 is 11.0 Å². The molecular formula is C19H21N7O. The number of rotatable bonds is 7. The Morgan fingerprint density at radius 2 is 2.15 bits per heavy atom. The summed E-state index contributed by atoms with van der Waals surface area (Å²) < 4.78 is 3.67. The number of nitrogens with zero attached hydrogens (tertiary/aromatic N) is 5. The van der Waals surface area contributed by atoms with E-state index in [1.54, 1.807) is 23.3 Å². The lowest BCUT2D eigenvalue weighted by atomic mass is 10.1. The molecule has 0 aliphatic carbocycles. The fourth-order valence-electron chi connectivity index (χ4n) is 3.02. The number of hydrogen-bond acceptors (Lipinski definition) is 5. The summed E-state index contributed by atoms with van der Waals surface area (Å²) in [5.41, 5.74) is 3.30. The SMILES string of the molecule is Cc1ccccc1Cn1c(=O)[nH]c2cnc(NCCCn3ccnc3)nc21. The first kappa shape index (κ1) is 17.0. The molecule has 0 fully saturated rings. The second-order valence-electron chi connectivity index (χ2n) is 6.45. The Bertz CT molecular complexity index is 1090. The molecule has 3 heterocycles. The smallest absolute Gasteiger partial charge is 0.328 e. The van der Waals surface area contributed by atoms with Gasteiger partial charge in [0.05, 0.1) is 19.1 Å². The minimum absolute atomic E-state index is 0.181. The Morgan fingerprint density at radius 3 is 2.96 bits per heavy atom. The molecular weight excluding hydrogens is 342 g/mol. The Hall–Kier alpha value is -3.42. The van der Waals surface area contributed by atoms with E-state index in [0.29, 0.717) is 23.7 Å². The van der Waals surface area contributed by atoms with E-state index in [1.165, 1.54) is 0 Å². The van der Waals surface area contributed by atoms with E-state index in [2.05, 4.69) is 25.3 Å². The van der Waals surface area contributed by atoms with Crippen LogP contribution in [-0.2, 0) is 13.1 Å². The van der Waals surface area contributed by atoms with E-state index < -0.39 is 0 Å². The van der Waals surface area contributed by atoms with Crippen molar-refractivity contribution in [3.8, 4) is 0 Å². The van der Waals surface area contributed by atoms with E-state index in [0.717, 1.165) is 30.6 Å². The zero-order valence-electron chi connectivity index (χ0n) is 15.1. The zero-order valence-corrected chi connectivity index (χ0v) is 15.1. The lowest BCUT2D eigenvalue weighted by Crippen LogP contribution is -2.18. The number of aromatic nitrogens is 6. The Balaban J connectivity index is 1.51. The van der Waals surface area contributed by atoms with Gasteiger partial charge in [-0.3, -0.25) is 4.57 Å². The number of imidazole rings is 2. The lowest BCUT2D eigenvalue weighted by Gasteiger charge is -2.08. The molecule has 0 saturated heterocycles. The number of aromatic amines is 1. The first-order chi connectivity index (χ1) is 13.2. The van der Waals surface area contributed by atoms with E-state index >= 15 is 0 Å². The third kappa shape index (κ3) is 3.74. The van der Waals surface area contributed by atoms with Crippen molar-refractivity contribution in [2.75, 3.05) is 11.9 Å². The number of nitrogens with one attached hydrogen (secondary N) is 2. The van der Waals surface area contributed by atoms with Crippen molar-refractivity contribution in [2.45, 2.75) is 26.4 Å². The molecule has 4 aromatic rings. The van der Waals surface area contributed by atoms with Gasteiger partial charge in [0.15, 0.2) is 5.65 Å². The molecule has 3 aromatic heterocycles. The maximum Gasteiger partial charge on any atom is 0.328 e. The monoisotopic (exact) mass is 363 g/mol. The molecule has 0 aliphatic heterocycles. The second-order valence-corrected chi connectivity index (χ2v) is 6.45. The van der Waals surface area contributed by atoms with Crippen LogP contribution in [0.3, 0.4) is 0 Å². The lowest BCUT2D eigenvalue weighted by molar-refractivity contribution is 0.659. The number of benzene rings is 1. The molecule has 0 amide bonds. The molecule has 8 heteroatoms. The van der Waals surface area contributed by atoms with Crippen molar-refractivity contribution < 1.29 is 0 Å². The molecule has 0 spiro atoms. The minimum Gasteiger partial charge on any atom is -0.354 e. The van der Waals surface area contributed by atoms with Gasteiger partial charge in [0.2, 0.25) is 5.95 Å². The third-order valence-electron chi connectivity index (χ3n) is 4.54. The molecule has 8 nitrogen and oxygen atoms in total. The summed E-state index contributed by atoms with van der Waals surface area (Å²) in [6.07, 6.45) is 8.07. The van der Waals surface area contributed by atoms with Gasteiger partial charge in [0, 0.05) is 25.5 Å². The standard InChI is InChI=1S/C19H21N7O/c1-14-5-2-3-6-15(14)12-26-17-16(23-19(26)27)11-22-18(24-17)21-7-4-9-25-10-8-20-13-25/h2-3,5-6,8,10-11,13H,4,7,9,12H2,1H3,(H,23,27)(H,21,22,24). The maximum absolute atomic E-state index is 12.4. The Morgan fingerprint density at radius 1 is 1.26 bits per heavy atom. The molecule has 27 heavy (non-hydrogen) atoms. The summed E-state index contributed by atoms with van der Waals surface area (Å²) in [6, 6.07) is 8.03. The average molecular weight is 363 g/mol. The number of aryl methyl sites for hydroxylation is 2. The van der Waals surface area contributed by atoms with Crippen LogP contribution in [0.4, 0.5) is 5.95 Å². The van der Waals surface area contributed by atoms with Crippen LogP contribution in [0.1, 0.15) is 17.5 Å². The summed E-state index contributed by atoms with van der Waals surface area (Å²) in [5.74, 6) is 0.519. The summed E-state index contributed by atoms with van der Waals surface area (Å²) >= 11 is 0. The van der Waals surface area contributed by atoms with E-state index in [9.17, 15) is 4.79 Å². The van der Waals surface area contributed by atoms with Gasteiger partial charge < -0.3 is 14.9 Å². The maximum atomic E-state index is 12.4. The molecule has 0 atom stereocenters. The summed E-state index contributed by atoms with van der Waals surface area (Å²) in [4.78, 5) is 28.1. The number of hydrogen-bond donors (Lipinski definition) is 2. The van der Waals surface area contributed by atoms with Crippen LogP contribution in [0, 0.1) is 6.92 Å². The first-order valence-electron chi connectivity index (χ1n) is 8.90. The molecule has 138 valence electrons. The number of H-pyrrole nitrogens is 1. The second kappa shape index (κ2) is 7.45. The predicted octanol–water partition coefficient (Wildman–Crippen LogP) is 2.18. The Labute approximate surface area is 155 Å². The fourth-order valence-corrected chi connectivity index (χ4v) is 3.02. The van der Waals surface area contributed by atoms with Crippen molar-refractivity contribution >= 4 is 17.1 Å². The van der Waals surface area contributed by atoms with Gasteiger partial charge in [0.1, 0.15) is 5.52 Å². The number of fused-ring (bicyclic) bond motifs is 1. The van der Waals surface area contributed by atoms with Crippen molar-refractivity contribution in [3.05, 3.63) is 70.8 Å². The van der Waals surface area contributed by atoms with E-state index in [-0.39, 0.29) is 5.69 Å². The highest BCUT2D eigenvalue weighted by Gasteiger charge is 2.11. The van der Waals surface area contributed by atoms with Gasteiger partial charge >= 0.3 is 5.69 Å². The van der Waals surface area contributed by atoms with Crippen molar-refractivity contribution in [1.29, 1.82) is 0 Å². The highest BCUT2D eigenvalue weighted by atomic mass is 16.1. The van der Waals surface area contributed by atoms with Crippen LogP contribution in [0.2, 0.25) is 0 Å². The molecule has 2 N–H and O–H groups in total. The largest absolute Gasteiger partial charge is 0.354 e. The Kier molecular flexibility index (Phi) is 4.69. The van der Waals surface area contributed by atoms with Crippen molar-refractivity contribution in [3.63, 3.8) is 0 Å². The molecule has 0 radical (unpaired) electrons. The van der Waals surface area contributed by atoms with Crippen LogP contribution >= 0.6 is 0 Å². The minimum atomic E-state index is -0.181. The molecule has 0 bridgehead atoms. The summed E-state index contributed by atoms with van der Waals surface area (Å²) in [7, 11) is 0. The zero-order chi connectivity index (χ0) is 18.6. The van der Waals surface area contributed by atoms with E-state index in [4.69, 9.17) is 0 Å². The predicted molar refractivity (Wildman–Crippen MR) is 104 cm³/mol. The third-order valence-corrected chi connectivity index (χ3v) is 4.54. The average Bonchev–Trinajstić information content (AvgIpc) is 3.29. The van der Waals surface area contributed by atoms with Crippen LogP contribution in [0.25, 0.3) is 11.2 Å². The molecule has 4 rings (SSSR count). The van der Waals surface area contributed by atoms with Crippen LogP contribution in [0.15, 0.2) is 54.0 Å². The first-order valence-corrected chi connectivity index (χ1v) is 8.90. The topological polar surface area (TPSA) is 93.4 Å². The molecule has 0 aliphatic rings. The summed E-state index contributed by atoms with van der Waals surface area (Å²) in [5, 5.41) is 3.23. The van der Waals surface area contributed by atoms with Crippen LogP contribution in [0.5, 0.6) is 0 Å². The van der Waals surface area contributed by atoms with Crippen molar-refractivity contribution in [1.82, 2.24) is 29.1 Å².